The third-order valence-electron chi connectivity index (χ3n) is 4.79. The molecule has 152 valence electrons. The van der Waals surface area contributed by atoms with Crippen LogP contribution in [0.1, 0.15) is 17.5 Å². The van der Waals surface area contributed by atoms with Gasteiger partial charge in [-0.2, -0.15) is 0 Å². The molecule has 2 aromatic carbocycles. The second-order valence-electron chi connectivity index (χ2n) is 6.68. The van der Waals surface area contributed by atoms with Gasteiger partial charge in [0, 0.05) is 50.5 Å². The van der Waals surface area contributed by atoms with E-state index in [0.29, 0.717) is 19.2 Å². The first-order chi connectivity index (χ1) is 13.2. The number of guanidine groups is 1. The molecule has 0 radical (unpaired) electrons. The molecule has 1 heterocycles. The molecule has 3 rings (SSSR count). The lowest BCUT2D eigenvalue weighted by atomic mass is 10.1. The third-order valence-corrected chi connectivity index (χ3v) is 5.03. The van der Waals surface area contributed by atoms with E-state index in [1.54, 1.807) is 14.2 Å². The van der Waals surface area contributed by atoms with Crippen LogP contribution in [0.25, 0.3) is 0 Å². The van der Waals surface area contributed by atoms with Crippen molar-refractivity contribution in [3.05, 3.63) is 64.7 Å². The number of benzene rings is 2. The normalized spacial score (nSPS) is 16.6. The fourth-order valence-electron chi connectivity index (χ4n) is 3.38. The summed E-state index contributed by atoms with van der Waals surface area (Å²) in [6.07, 6.45) is 1.06. The van der Waals surface area contributed by atoms with Crippen LogP contribution in [0, 0.1) is 0 Å². The summed E-state index contributed by atoms with van der Waals surface area (Å²) < 4.78 is 5.28. The molecule has 1 unspecified atom stereocenters. The summed E-state index contributed by atoms with van der Waals surface area (Å²) in [7, 11) is 3.52. The highest BCUT2D eigenvalue weighted by Crippen LogP contribution is 2.23. The molecule has 0 amide bonds. The van der Waals surface area contributed by atoms with Gasteiger partial charge in [0.25, 0.3) is 0 Å². The molecule has 28 heavy (non-hydrogen) atoms. The van der Waals surface area contributed by atoms with Crippen molar-refractivity contribution in [2.24, 2.45) is 4.99 Å². The quantitative estimate of drug-likeness (QED) is 0.347. The predicted octanol–water partition coefficient (Wildman–Crippen LogP) is 4.05. The average molecular weight is 515 g/mol. The van der Waals surface area contributed by atoms with E-state index < -0.39 is 0 Å². The van der Waals surface area contributed by atoms with Gasteiger partial charge in [0.15, 0.2) is 5.96 Å². The first-order valence-electron chi connectivity index (χ1n) is 9.23. The molecule has 0 spiro atoms. The summed E-state index contributed by atoms with van der Waals surface area (Å²) in [5.74, 6) is 0.820. The van der Waals surface area contributed by atoms with Gasteiger partial charge in [-0.15, -0.1) is 24.0 Å². The Balaban J connectivity index is 0.00000280. The van der Waals surface area contributed by atoms with Gasteiger partial charge >= 0.3 is 0 Å². The van der Waals surface area contributed by atoms with Gasteiger partial charge in [0.05, 0.1) is 6.61 Å². The Morgan fingerprint density at radius 2 is 2.00 bits per heavy atom. The fraction of sp³-hybridized carbons (Fsp3) is 0.381. The van der Waals surface area contributed by atoms with Crippen LogP contribution in [0.3, 0.4) is 0 Å². The van der Waals surface area contributed by atoms with E-state index in [9.17, 15) is 0 Å². The van der Waals surface area contributed by atoms with Crippen LogP contribution in [0.15, 0.2) is 53.5 Å². The Morgan fingerprint density at radius 3 is 2.71 bits per heavy atom. The monoisotopic (exact) mass is 514 g/mol. The molecule has 1 aliphatic heterocycles. The Labute approximate surface area is 189 Å². The summed E-state index contributed by atoms with van der Waals surface area (Å²) in [4.78, 5) is 6.73. The topological polar surface area (TPSA) is 48.9 Å². The van der Waals surface area contributed by atoms with Crippen LogP contribution in [-0.4, -0.2) is 39.2 Å². The van der Waals surface area contributed by atoms with Crippen LogP contribution in [0.4, 0.5) is 5.69 Å². The molecule has 1 atom stereocenters. The van der Waals surface area contributed by atoms with Gasteiger partial charge < -0.3 is 20.3 Å². The minimum absolute atomic E-state index is 0. The second-order valence-corrected chi connectivity index (χ2v) is 7.12. The Hall–Kier alpha value is -1.51. The van der Waals surface area contributed by atoms with Crippen molar-refractivity contribution in [1.29, 1.82) is 0 Å². The number of methoxy groups -OCH3 is 1. The lowest BCUT2D eigenvalue weighted by molar-refractivity contribution is 0.184. The molecule has 0 aromatic heterocycles. The molecule has 1 aliphatic rings. The largest absolute Gasteiger partial charge is 0.380 e. The number of nitrogens with one attached hydrogen (secondary N) is 2. The SMILES string of the molecule is CN=C(NCc1ccccc1COC)NC1CCN(c2cccc(Cl)c2)C1.I. The van der Waals surface area contributed by atoms with Crippen molar-refractivity contribution in [3.8, 4) is 0 Å². The number of aliphatic imine (C=N–C) groups is 1. The summed E-state index contributed by atoms with van der Waals surface area (Å²) in [5.41, 5.74) is 3.58. The average Bonchev–Trinajstić information content (AvgIpc) is 3.15. The van der Waals surface area contributed by atoms with Crippen LogP contribution < -0.4 is 15.5 Å². The maximum Gasteiger partial charge on any atom is 0.191 e. The maximum atomic E-state index is 6.12. The molecule has 0 bridgehead atoms. The number of nitrogens with zero attached hydrogens (tertiary/aromatic N) is 2. The van der Waals surface area contributed by atoms with Crippen molar-refractivity contribution in [2.45, 2.75) is 25.6 Å². The summed E-state index contributed by atoms with van der Waals surface area (Å²) in [6.45, 7) is 3.26. The van der Waals surface area contributed by atoms with Crippen LogP contribution in [0.2, 0.25) is 5.02 Å². The zero-order valence-corrected chi connectivity index (χ0v) is 19.4. The standard InChI is InChI=1S/C21H27ClN4O.HI/c1-23-21(24-13-16-6-3-4-7-17(16)15-27-2)25-19-10-11-26(14-19)20-9-5-8-18(22)12-20;/h3-9,12,19H,10-11,13-15H2,1-2H3,(H2,23,24,25);1H. The minimum atomic E-state index is 0. The van der Waals surface area contributed by atoms with Crippen molar-refractivity contribution in [1.82, 2.24) is 10.6 Å². The number of hydrogen-bond donors (Lipinski definition) is 2. The highest BCUT2D eigenvalue weighted by atomic mass is 127. The molecule has 1 saturated heterocycles. The van der Waals surface area contributed by atoms with Crippen molar-refractivity contribution in [3.63, 3.8) is 0 Å². The Bertz CT molecular complexity index is 787. The van der Waals surface area contributed by atoms with Crippen molar-refractivity contribution >= 4 is 47.2 Å². The van der Waals surface area contributed by atoms with Gasteiger partial charge in [0.2, 0.25) is 0 Å². The van der Waals surface area contributed by atoms with Gasteiger partial charge in [-0.25, -0.2) is 0 Å². The lowest BCUT2D eigenvalue weighted by Gasteiger charge is -2.21. The van der Waals surface area contributed by atoms with E-state index in [1.165, 1.54) is 16.8 Å². The molecule has 5 nitrogen and oxygen atoms in total. The number of anilines is 1. The van der Waals surface area contributed by atoms with E-state index in [0.717, 1.165) is 30.5 Å². The maximum absolute atomic E-state index is 6.12. The first kappa shape index (κ1) is 22.8. The van der Waals surface area contributed by atoms with Crippen LogP contribution in [0.5, 0.6) is 0 Å². The summed E-state index contributed by atoms with van der Waals surface area (Å²) in [5, 5.41) is 7.73. The number of ether oxygens (including phenoxy) is 1. The van der Waals surface area contributed by atoms with Gasteiger partial charge in [-0.3, -0.25) is 4.99 Å². The molecular formula is C21H28ClIN4O. The van der Waals surface area contributed by atoms with Crippen molar-refractivity contribution in [2.75, 3.05) is 32.1 Å². The molecule has 1 fully saturated rings. The Kier molecular flexibility index (Phi) is 9.34. The summed E-state index contributed by atoms with van der Waals surface area (Å²) >= 11 is 6.12. The zero-order valence-electron chi connectivity index (χ0n) is 16.3. The number of hydrogen-bond acceptors (Lipinski definition) is 3. The van der Waals surface area contributed by atoms with Crippen LogP contribution in [-0.2, 0) is 17.9 Å². The fourth-order valence-corrected chi connectivity index (χ4v) is 3.56. The molecule has 0 aliphatic carbocycles. The van der Waals surface area contributed by atoms with Gasteiger partial charge in [-0.1, -0.05) is 41.9 Å². The molecule has 2 N–H and O–H groups in total. The van der Waals surface area contributed by atoms with Gasteiger partial charge in [0.1, 0.15) is 0 Å². The van der Waals surface area contributed by atoms with Crippen LogP contribution >= 0.6 is 35.6 Å². The molecule has 2 aromatic rings. The number of rotatable bonds is 6. The molecule has 0 saturated carbocycles. The second kappa shape index (κ2) is 11.5. The lowest BCUT2D eigenvalue weighted by Crippen LogP contribution is -2.44. The van der Waals surface area contributed by atoms with Crippen molar-refractivity contribution < 1.29 is 4.74 Å². The van der Waals surface area contributed by atoms with E-state index in [1.807, 2.05) is 30.3 Å². The number of halogens is 2. The minimum Gasteiger partial charge on any atom is -0.380 e. The predicted molar refractivity (Wildman–Crippen MR) is 128 cm³/mol. The van der Waals surface area contributed by atoms with E-state index in [-0.39, 0.29) is 24.0 Å². The molecular weight excluding hydrogens is 487 g/mol. The first-order valence-corrected chi connectivity index (χ1v) is 9.61. The third kappa shape index (κ3) is 6.25. The van der Waals surface area contributed by atoms with E-state index in [4.69, 9.17) is 16.3 Å². The smallest absolute Gasteiger partial charge is 0.191 e. The highest BCUT2D eigenvalue weighted by molar-refractivity contribution is 14.0. The zero-order chi connectivity index (χ0) is 19.1. The van der Waals surface area contributed by atoms with E-state index >= 15 is 0 Å². The van der Waals surface area contributed by atoms with Gasteiger partial charge in [-0.05, 0) is 35.7 Å². The Morgan fingerprint density at radius 1 is 1.21 bits per heavy atom. The molecule has 7 heteroatoms. The summed E-state index contributed by atoms with van der Waals surface area (Å²) in [6, 6.07) is 16.7. The van der Waals surface area contributed by atoms with E-state index in [2.05, 4.69) is 38.7 Å². The highest BCUT2D eigenvalue weighted by Gasteiger charge is 2.23.